The Bertz CT molecular complexity index is 1270. The molecule has 6 nitrogen and oxygen atoms in total. The van der Waals surface area contributed by atoms with Crippen LogP contribution in [0.5, 0.6) is 0 Å². The second-order valence-corrected chi connectivity index (χ2v) is 9.85. The summed E-state index contributed by atoms with van der Waals surface area (Å²) in [4.78, 5) is 0.598. The van der Waals surface area contributed by atoms with Gasteiger partial charge in [0.2, 0.25) is 4.96 Å². The molecule has 0 aliphatic carbocycles. The van der Waals surface area contributed by atoms with E-state index in [1.165, 1.54) is 28.0 Å². The molecule has 0 spiro atoms. The third-order valence-corrected chi connectivity index (χ3v) is 7.20. The lowest BCUT2D eigenvalue weighted by molar-refractivity contribution is 0.593. The molecule has 144 valence electrons. The van der Waals surface area contributed by atoms with Crippen LogP contribution in [0, 0.1) is 5.82 Å². The normalized spacial score (nSPS) is 12.0. The summed E-state index contributed by atoms with van der Waals surface area (Å²) in [6, 6.07) is 9.76. The molecule has 2 aromatic carbocycles. The molecular formula is C17H11Cl2FN4O2S2. The van der Waals surface area contributed by atoms with Gasteiger partial charge in [-0.15, -0.1) is 10.2 Å². The van der Waals surface area contributed by atoms with Crippen LogP contribution < -0.4 is 0 Å². The Hall–Kier alpha value is -2.07. The van der Waals surface area contributed by atoms with Gasteiger partial charge in [0.05, 0.1) is 15.7 Å². The number of aryl methyl sites for hydroxylation is 1. The zero-order valence-electron chi connectivity index (χ0n) is 14.0. The fourth-order valence-electron chi connectivity index (χ4n) is 2.58. The van der Waals surface area contributed by atoms with Crippen molar-refractivity contribution < 1.29 is 12.8 Å². The fraction of sp³-hybridized carbons (Fsp3) is 0.118. The van der Waals surface area contributed by atoms with Crippen molar-refractivity contribution in [1.82, 2.24) is 19.8 Å². The standard InChI is InChI=1S/C17H11Cl2FN4O2S2/c18-10-1-6-13(14(19)9-10)16-21-22-17-24(16)23-15(27-17)7-8-28(25,26)12-4-2-11(20)3-5-12/h1-6,9H,7-8H2. The average molecular weight is 457 g/mol. The summed E-state index contributed by atoms with van der Waals surface area (Å²) in [7, 11) is -3.55. The number of fused-ring (bicyclic) bond motifs is 1. The SMILES string of the molecule is O=S(=O)(CCc1nn2c(-c3ccc(Cl)cc3Cl)nnc2s1)c1ccc(F)cc1. The van der Waals surface area contributed by atoms with Crippen LogP contribution >= 0.6 is 34.5 Å². The summed E-state index contributed by atoms with van der Waals surface area (Å²) < 4.78 is 39.4. The highest BCUT2D eigenvalue weighted by atomic mass is 35.5. The molecule has 0 radical (unpaired) electrons. The zero-order chi connectivity index (χ0) is 19.9. The van der Waals surface area contributed by atoms with Gasteiger partial charge in [0.1, 0.15) is 10.8 Å². The van der Waals surface area contributed by atoms with Gasteiger partial charge in [-0.1, -0.05) is 34.5 Å². The number of nitrogens with zero attached hydrogens (tertiary/aromatic N) is 4. The predicted molar refractivity (Wildman–Crippen MR) is 106 cm³/mol. The van der Waals surface area contributed by atoms with E-state index in [2.05, 4.69) is 15.3 Å². The Morgan fingerprint density at radius 1 is 1.07 bits per heavy atom. The van der Waals surface area contributed by atoms with Gasteiger partial charge < -0.3 is 0 Å². The van der Waals surface area contributed by atoms with Gasteiger partial charge >= 0.3 is 0 Å². The summed E-state index contributed by atoms with van der Waals surface area (Å²) in [6.45, 7) is 0. The first-order valence-electron chi connectivity index (χ1n) is 7.98. The largest absolute Gasteiger partial charge is 0.234 e. The van der Waals surface area contributed by atoms with Crippen molar-refractivity contribution in [2.24, 2.45) is 0 Å². The van der Waals surface area contributed by atoms with E-state index >= 15 is 0 Å². The minimum Gasteiger partial charge on any atom is -0.224 e. The van der Waals surface area contributed by atoms with Crippen molar-refractivity contribution in [2.75, 3.05) is 5.75 Å². The maximum absolute atomic E-state index is 13.0. The Morgan fingerprint density at radius 3 is 2.54 bits per heavy atom. The first-order valence-corrected chi connectivity index (χ1v) is 11.2. The zero-order valence-corrected chi connectivity index (χ0v) is 17.2. The number of hydrogen-bond acceptors (Lipinski definition) is 6. The molecule has 0 atom stereocenters. The van der Waals surface area contributed by atoms with Crippen molar-refractivity contribution in [2.45, 2.75) is 11.3 Å². The molecule has 0 bridgehead atoms. The monoisotopic (exact) mass is 456 g/mol. The molecule has 28 heavy (non-hydrogen) atoms. The summed E-state index contributed by atoms with van der Waals surface area (Å²) in [5.74, 6) is -0.193. The van der Waals surface area contributed by atoms with E-state index in [-0.39, 0.29) is 17.1 Å². The quantitative estimate of drug-likeness (QED) is 0.418. The Labute approximate surface area is 173 Å². The highest BCUT2D eigenvalue weighted by Gasteiger charge is 2.19. The molecular weight excluding hydrogens is 446 g/mol. The van der Waals surface area contributed by atoms with Gasteiger partial charge in [-0.25, -0.2) is 12.8 Å². The summed E-state index contributed by atoms with van der Waals surface area (Å²) in [5.41, 5.74) is 0.620. The van der Waals surface area contributed by atoms with Crippen molar-refractivity contribution in [3.05, 3.63) is 63.3 Å². The summed E-state index contributed by atoms with van der Waals surface area (Å²) >= 11 is 13.4. The van der Waals surface area contributed by atoms with Gasteiger partial charge in [0.15, 0.2) is 15.7 Å². The maximum Gasteiger partial charge on any atom is 0.234 e. The van der Waals surface area contributed by atoms with E-state index in [9.17, 15) is 12.8 Å². The molecule has 4 rings (SSSR count). The van der Waals surface area contributed by atoms with Gasteiger partial charge in [-0.3, -0.25) is 0 Å². The minimum absolute atomic E-state index is 0.0746. The van der Waals surface area contributed by atoms with Crippen molar-refractivity contribution in [3.63, 3.8) is 0 Å². The van der Waals surface area contributed by atoms with Gasteiger partial charge in [-0.2, -0.15) is 9.61 Å². The lowest BCUT2D eigenvalue weighted by atomic mass is 10.2. The van der Waals surface area contributed by atoms with Crippen LogP contribution in [-0.2, 0) is 16.3 Å². The number of hydrogen-bond donors (Lipinski definition) is 0. The van der Waals surface area contributed by atoms with Crippen LogP contribution in [0.4, 0.5) is 4.39 Å². The highest BCUT2D eigenvalue weighted by Crippen LogP contribution is 2.30. The lowest BCUT2D eigenvalue weighted by Gasteiger charge is -2.03. The van der Waals surface area contributed by atoms with E-state index in [0.717, 1.165) is 12.1 Å². The number of rotatable bonds is 5. The molecule has 0 N–H and O–H groups in total. The van der Waals surface area contributed by atoms with E-state index < -0.39 is 15.7 Å². The smallest absolute Gasteiger partial charge is 0.224 e. The van der Waals surface area contributed by atoms with E-state index in [1.807, 2.05) is 0 Å². The first-order chi connectivity index (χ1) is 13.3. The molecule has 0 aliphatic heterocycles. The highest BCUT2D eigenvalue weighted by molar-refractivity contribution is 7.91. The van der Waals surface area contributed by atoms with E-state index in [1.54, 1.807) is 18.2 Å². The Morgan fingerprint density at radius 2 is 1.82 bits per heavy atom. The molecule has 0 amide bonds. The van der Waals surface area contributed by atoms with Crippen molar-refractivity contribution in [1.29, 1.82) is 0 Å². The second kappa shape index (κ2) is 7.40. The molecule has 4 aromatic rings. The molecule has 0 unspecified atom stereocenters. The number of sulfone groups is 1. The molecule has 11 heteroatoms. The maximum atomic E-state index is 13.0. The third kappa shape index (κ3) is 3.75. The number of benzene rings is 2. The van der Waals surface area contributed by atoms with Gasteiger partial charge in [0.25, 0.3) is 0 Å². The van der Waals surface area contributed by atoms with Crippen molar-refractivity contribution in [3.8, 4) is 11.4 Å². The number of aromatic nitrogens is 4. The molecule has 0 saturated heterocycles. The molecule has 0 aliphatic rings. The average Bonchev–Trinajstić information content (AvgIpc) is 3.21. The molecule has 2 heterocycles. The van der Waals surface area contributed by atoms with Crippen LogP contribution in [0.25, 0.3) is 16.3 Å². The van der Waals surface area contributed by atoms with Crippen LogP contribution in [-0.4, -0.2) is 34.0 Å². The van der Waals surface area contributed by atoms with Crippen molar-refractivity contribution >= 4 is 49.3 Å². The van der Waals surface area contributed by atoms with E-state index in [0.29, 0.717) is 31.4 Å². The van der Waals surface area contributed by atoms with Crippen LogP contribution in [0.3, 0.4) is 0 Å². The van der Waals surface area contributed by atoms with Crippen LogP contribution in [0.1, 0.15) is 5.01 Å². The summed E-state index contributed by atoms with van der Waals surface area (Å²) in [5, 5.41) is 14.1. The predicted octanol–water partition coefficient (Wildman–Crippen LogP) is 4.32. The molecule has 0 saturated carbocycles. The minimum atomic E-state index is -3.55. The molecule has 0 fully saturated rings. The summed E-state index contributed by atoms with van der Waals surface area (Å²) in [6.07, 6.45) is 0.196. The Kier molecular flexibility index (Phi) is 5.09. The fourth-order valence-corrected chi connectivity index (χ4v) is 5.28. The first kappa shape index (κ1) is 19.3. The van der Waals surface area contributed by atoms with Crippen LogP contribution in [0.2, 0.25) is 10.0 Å². The Balaban J connectivity index is 1.59. The lowest BCUT2D eigenvalue weighted by Crippen LogP contribution is -2.09. The van der Waals surface area contributed by atoms with Crippen LogP contribution in [0.15, 0.2) is 47.4 Å². The number of halogens is 3. The topological polar surface area (TPSA) is 77.2 Å². The van der Waals surface area contributed by atoms with Gasteiger partial charge in [-0.05, 0) is 42.5 Å². The molecule has 2 aromatic heterocycles. The second-order valence-electron chi connectivity index (χ2n) is 5.86. The van der Waals surface area contributed by atoms with E-state index in [4.69, 9.17) is 23.2 Å². The van der Waals surface area contributed by atoms with Gasteiger partial charge in [0, 0.05) is 17.0 Å². The third-order valence-electron chi connectivity index (χ3n) is 3.96.